The van der Waals surface area contributed by atoms with E-state index in [9.17, 15) is 0 Å². The number of nitrogens with zero attached hydrogens (tertiary/aromatic N) is 2. The number of pyridine rings is 1. The van der Waals surface area contributed by atoms with Crippen LogP contribution < -0.4 is 9.64 Å². The molecule has 0 atom stereocenters. The predicted molar refractivity (Wildman–Crippen MR) is 66.4 cm³/mol. The smallest absolute Gasteiger partial charge is 0.171 e. The molecule has 0 unspecified atom stereocenters. The first-order valence-electron chi connectivity index (χ1n) is 5.88. The van der Waals surface area contributed by atoms with Gasteiger partial charge in [-0.15, -0.1) is 0 Å². The van der Waals surface area contributed by atoms with Gasteiger partial charge >= 0.3 is 0 Å². The first-order chi connectivity index (χ1) is 8.33. The molecule has 2 N–H and O–H groups in total. The van der Waals surface area contributed by atoms with Gasteiger partial charge in [-0.3, -0.25) is 0 Å². The number of hydrogen-bond acceptors (Lipinski definition) is 5. The van der Waals surface area contributed by atoms with Crippen molar-refractivity contribution in [2.75, 3.05) is 37.8 Å². The Bertz CT molecular complexity index is 314. The first kappa shape index (κ1) is 13.7. The Hall–Kier alpha value is -1.33. The lowest BCUT2D eigenvalue weighted by Crippen LogP contribution is -2.30. The van der Waals surface area contributed by atoms with Crippen molar-refractivity contribution in [1.82, 2.24) is 4.98 Å². The van der Waals surface area contributed by atoms with Crippen LogP contribution in [0.1, 0.15) is 13.3 Å². The van der Waals surface area contributed by atoms with Crippen molar-refractivity contribution < 1.29 is 14.9 Å². The predicted octanol–water partition coefficient (Wildman–Crippen LogP) is 0.661. The SMILES string of the molecule is CCCOc1cccnc1N(CCO)CCO. The standard InChI is InChI=1S/C12H20N2O3/c1-2-10-17-11-4-3-5-13-12(11)14(6-8-15)7-9-16/h3-5,15-16H,2,6-10H2,1H3. The fourth-order valence-electron chi connectivity index (χ4n) is 1.51. The topological polar surface area (TPSA) is 65.8 Å². The lowest BCUT2D eigenvalue weighted by atomic mass is 10.3. The van der Waals surface area contributed by atoms with E-state index in [-0.39, 0.29) is 13.2 Å². The van der Waals surface area contributed by atoms with Gasteiger partial charge in [0.25, 0.3) is 0 Å². The molecule has 0 saturated heterocycles. The third-order valence-electron chi connectivity index (χ3n) is 2.25. The Balaban J connectivity index is 2.83. The lowest BCUT2D eigenvalue weighted by Gasteiger charge is -2.23. The van der Waals surface area contributed by atoms with E-state index in [1.165, 1.54) is 0 Å². The Morgan fingerprint density at radius 3 is 2.59 bits per heavy atom. The van der Waals surface area contributed by atoms with E-state index in [1.54, 1.807) is 6.20 Å². The molecule has 0 bridgehead atoms. The van der Waals surface area contributed by atoms with Crippen LogP contribution in [0, 0.1) is 0 Å². The first-order valence-corrected chi connectivity index (χ1v) is 5.88. The lowest BCUT2D eigenvalue weighted by molar-refractivity contribution is 0.277. The van der Waals surface area contributed by atoms with Crippen LogP contribution >= 0.6 is 0 Å². The van der Waals surface area contributed by atoms with Gasteiger partial charge in [-0.1, -0.05) is 6.92 Å². The van der Waals surface area contributed by atoms with E-state index in [2.05, 4.69) is 4.98 Å². The maximum atomic E-state index is 9.00. The minimum atomic E-state index is 0.0177. The fourth-order valence-corrected chi connectivity index (χ4v) is 1.51. The molecule has 1 rings (SSSR count). The summed E-state index contributed by atoms with van der Waals surface area (Å²) in [5, 5.41) is 18.0. The van der Waals surface area contributed by atoms with E-state index in [0.29, 0.717) is 31.3 Å². The Labute approximate surface area is 102 Å². The summed E-state index contributed by atoms with van der Waals surface area (Å²) in [6, 6.07) is 3.66. The number of hydrogen-bond donors (Lipinski definition) is 2. The normalized spacial score (nSPS) is 10.3. The van der Waals surface area contributed by atoms with Crippen molar-refractivity contribution in [2.24, 2.45) is 0 Å². The van der Waals surface area contributed by atoms with Crippen molar-refractivity contribution in [3.05, 3.63) is 18.3 Å². The molecule has 0 aliphatic heterocycles. The molecule has 17 heavy (non-hydrogen) atoms. The molecule has 1 aromatic rings. The molecule has 0 fully saturated rings. The summed E-state index contributed by atoms with van der Waals surface area (Å²) in [5.41, 5.74) is 0. The number of ether oxygens (including phenoxy) is 1. The zero-order chi connectivity index (χ0) is 12.5. The van der Waals surface area contributed by atoms with Gasteiger partial charge in [0.2, 0.25) is 0 Å². The van der Waals surface area contributed by atoms with Crippen LogP contribution in [0.5, 0.6) is 5.75 Å². The number of aromatic nitrogens is 1. The van der Waals surface area contributed by atoms with E-state index in [0.717, 1.165) is 6.42 Å². The molecule has 1 aromatic heterocycles. The van der Waals surface area contributed by atoms with Crippen LogP contribution in [0.15, 0.2) is 18.3 Å². The largest absolute Gasteiger partial charge is 0.490 e. The van der Waals surface area contributed by atoms with Gasteiger partial charge in [0, 0.05) is 19.3 Å². The average molecular weight is 240 g/mol. The van der Waals surface area contributed by atoms with Crippen LogP contribution in [-0.2, 0) is 0 Å². The minimum Gasteiger partial charge on any atom is -0.490 e. The number of aliphatic hydroxyl groups excluding tert-OH is 2. The second-order valence-corrected chi connectivity index (χ2v) is 3.61. The molecule has 0 aliphatic rings. The summed E-state index contributed by atoms with van der Waals surface area (Å²) in [5.74, 6) is 1.36. The van der Waals surface area contributed by atoms with Crippen molar-refractivity contribution in [3.8, 4) is 5.75 Å². The van der Waals surface area contributed by atoms with Gasteiger partial charge < -0.3 is 19.8 Å². The molecule has 0 spiro atoms. The molecule has 0 aromatic carbocycles. The Morgan fingerprint density at radius 2 is 2.00 bits per heavy atom. The third kappa shape index (κ3) is 4.20. The van der Waals surface area contributed by atoms with E-state index >= 15 is 0 Å². The maximum Gasteiger partial charge on any atom is 0.171 e. The van der Waals surface area contributed by atoms with Crippen molar-refractivity contribution in [3.63, 3.8) is 0 Å². The second kappa shape index (κ2) is 7.86. The van der Waals surface area contributed by atoms with E-state index in [1.807, 2.05) is 24.0 Å². The highest BCUT2D eigenvalue weighted by atomic mass is 16.5. The van der Waals surface area contributed by atoms with Gasteiger partial charge in [-0.2, -0.15) is 0 Å². The zero-order valence-electron chi connectivity index (χ0n) is 10.2. The minimum absolute atomic E-state index is 0.0177. The van der Waals surface area contributed by atoms with Crippen LogP contribution in [0.25, 0.3) is 0 Å². The molecule has 96 valence electrons. The maximum absolute atomic E-state index is 9.00. The molecule has 0 aliphatic carbocycles. The molecule has 0 radical (unpaired) electrons. The molecule has 0 amide bonds. The Morgan fingerprint density at radius 1 is 1.29 bits per heavy atom. The summed E-state index contributed by atoms with van der Waals surface area (Å²) >= 11 is 0. The van der Waals surface area contributed by atoms with Gasteiger partial charge in [0.15, 0.2) is 11.6 Å². The number of aliphatic hydroxyl groups is 2. The number of rotatable bonds is 8. The quantitative estimate of drug-likeness (QED) is 0.699. The molecule has 5 heteroatoms. The molecule has 0 saturated carbocycles. The highest BCUT2D eigenvalue weighted by molar-refractivity contribution is 5.52. The van der Waals surface area contributed by atoms with Gasteiger partial charge in [0.1, 0.15) is 0 Å². The molecule has 5 nitrogen and oxygen atoms in total. The number of anilines is 1. The van der Waals surface area contributed by atoms with Gasteiger partial charge in [-0.05, 0) is 18.6 Å². The zero-order valence-corrected chi connectivity index (χ0v) is 10.2. The molecule has 1 heterocycles. The summed E-state index contributed by atoms with van der Waals surface area (Å²) in [4.78, 5) is 6.06. The van der Waals surface area contributed by atoms with E-state index < -0.39 is 0 Å². The summed E-state index contributed by atoms with van der Waals surface area (Å²) < 4.78 is 5.59. The van der Waals surface area contributed by atoms with Crippen LogP contribution in [0.3, 0.4) is 0 Å². The van der Waals surface area contributed by atoms with Crippen LogP contribution in [0.2, 0.25) is 0 Å². The summed E-state index contributed by atoms with van der Waals surface area (Å²) in [6.07, 6.45) is 2.60. The Kier molecular flexibility index (Phi) is 6.35. The average Bonchev–Trinajstić information content (AvgIpc) is 2.36. The second-order valence-electron chi connectivity index (χ2n) is 3.61. The van der Waals surface area contributed by atoms with Crippen molar-refractivity contribution in [2.45, 2.75) is 13.3 Å². The monoisotopic (exact) mass is 240 g/mol. The van der Waals surface area contributed by atoms with Crippen LogP contribution in [0.4, 0.5) is 5.82 Å². The van der Waals surface area contributed by atoms with Gasteiger partial charge in [-0.25, -0.2) is 4.98 Å². The highest BCUT2D eigenvalue weighted by Gasteiger charge is 2.12. The molecular weight excluding hydrogens is 220 g/mol. The third-order valence-corrected chi connectivity index (χ3v) is 2.25. The fraction of sp³-hybridized carbons (Fsp3) is 0.583. The summed E-state index contributed by atoms with van der Waals surface area (Å²) in [7, 11) is 0. The van der Waals surface area contributed by atoms with Gasteiger partial charge in [0.05, 0.1) is 19.8 Å². The highest BCUT2D eigenvalue weighted by Crippen LogP contribution is 2.24. The van der Waals surface area contributed by atoms with Crippen LogP contribution in [-0.4, -0.2) is 48.1 Å². The summed E-state index contributed by atoms with van der Waals surface area (Å²) in [6.45, 7) is 3.56. The van der Waals surface area contributed by atoms with E-state index in [4.69, 9.17) is 14.9 Å². The molecular formula is C12H20N2O3. The van der Waals surface area contributed by atoms with Crippen molar-refractivity contribution in [1.29, 1.82) is 0 Å². The van der Waals surface area contributed by atoms with Crippen molar-refractivity contribution >= 4 is 5.82 Å².